The molecule has 0 unspecified atom stereocenters. The molecule has 2 heterocycles. The Morgan fingerprint density at radius 3 is 2.69 bits per heavy atom. The van der Waals surface area contributed by atoms with E-state index in [9.17, 15) is 14.4 Å². The van der Waals surface area contributed by atoms with Crippen molar-refractivity contribution in [1.82, 2.24) is 15.6 Å². The van der Waals surface area contributed by atoms with Crippen LogP contribution in [0.25, 0.3) is 0 Å². The highest BCUT2D eigenvalue weighted by atomic mass is 16.5. The van der Waals surface area contributed by atoms with E-state index < -0.39 is 11.8 Å². The number of nitrogens with zero attached hydrogens (tertiary/aromatic N) is 2. The molecule has 2 aliphatic rings. The van der Waals surface area contributed by atoms with Gasteiger partial charge >= 0.3 is 11.8 Å². The van der Waals surface area contributed by atoms with Gasteiger partial charge in [-0.1, -0.05) is 0 Å². The van der Waals surface area contributed by atoms with Crippen LogP contribution in [0.1, 0.15) is 38.2 Å². The van der Waals surface area contributed by atoms with Crippen LogP contribution in [0.15, 0.2) is 23.3 Å². The average molecular weight is 447 g/mol. The van der Waals surface area contributed by atoms with E-state index in [0.717, 1.165) is 38.8 Å². The van der Waals surface area contributed by atoms with Crippen molar-refractivity contribution in [3.8, 4) is 11.5 Å². The van der Waals surface area contributed by atoms with E-state index >= 15 is 0 Å². The first-order chi connectivity index (χ1) is 15.6. The van der Waals surface area contributed by atoms with Gasteiger partial charge in [0.2, 0.25) is 0 Å². The second-order valence-corrected chi connectivity index (χ2v) is 7.56. The molecule has 2 saturated heterocycles. The molecule has 1 aromatic carbocycles. The van der Waals surface area contributed by atoms with Crippen LogP contribution in [0.2, 0.25) is 0 Å². The SMILES string of the molecule is CCOc1cc(/C=N\NC(=O)C(=O)NC[C@H]2CCCO2)ccc1OCC(=O)N1CCCC1. The van der Waals surface area contributed by atoms with E-state index in [1.165, 1.54) is 6.21 Å². The lowest BCUT2D eigenvalue weighted by Gasteiger charge is -2.17. The number of benzene rings is 1. The maximum Gasteiger partial charge on any atom is 0.329 e. The summed E-state index contributed by atoms with van der Waals surface area (Å²) in [6.45, 7) is 4.73. The Labute approximate surface area is 187 Å². The summed E-state index contributed by atoms with van der Waals surface area (Å²) in [6, 6.07) is 5.08. The summed E-state index contributed by atoms with van der Waals surface area (Å²) in [5.41, 5.74) is 2.83. The van der Waals surface area contributed by atoms with Crippen LogP contribution < -0.4 is 20.2 Å². The van der Waals surface area contributed by atoms with Crippen LogP contribution >= 0.6 is 0 Å². The minimum atomic E-state index is -0.857. The number of ether oxygens (including phenoxy) is 3. The number of hydrogen-bond donors (Lipinski definition) is 2. The highest BCUT2D eigenvalue weighted by molar-refractivity contribution is 6.35. The van der Waals surface area contributed by atoms with Gasteiger partial charge < -0.3 is 24.4 Å². The molecule has 3 amide bonds. The summed E-state index contributed by atoms with van der Waals surface area (Å²) < 4.78 is 16.7. The fraction of sp³-hybridized carbons (Fsp3) is 0.545. The number of hydrogen-bond acceptors (Lipinski definition) is 7. The van der Waals surface area contributed by atoms with E-state index in [1.807, 2.05) is 6.92 Å². The van der Waals surface area contributed by atoms with Crippen LogP contribution in [0.4, 0.5) is 0 Å². The van der Waals surface area contributed by atoms with Crippen molar-refractivity contribution in [2.75, 3.05) is 39.5 Å². The monoisotopic (exact) mass is 446 g/mol. The number of hydrazone groups is 1. The Bertz CT molecular complexity index is 832. The second kappa shape index (κ2) is 12.0. The molecule has 0 aliphatic carbocycles. The average Bonchev–Trinajstić information content (AvgIpc) is 3.51. The summed E-state index contributed by atoms with van der Waals surface area (Å²) >= 11 is 0. The van der Waals surface area contributed by atoms with E-state index in [1.54, 1.807) is 23.1 Å². The largest absolute Gasteiger partial charge is 0.490 e. The van der Waals surface area contributed by atoms with Gasteiger partial charge in [-0.15, -0.1) is 0 Å². The van der Waals surface area contributed by atoms with Gasteiger partial charge in [0.15, 0.2) is 18.1 Å². The Balaban J connectivity index is 1.49. The highest BCUT2D eigenvalue weighted by Crippen LogP contribution is 2.28. The molecule has 0 bridgehead atoms. The van der Waals surface area contributed by atoms with Crippen molar-refractivity contribution in [3.63, 3.8) is 0 Å². The highest BCUT2D eigenvalue weighted by Gasteiger charge is 2.20. The molecule has 2 aliphatic heterocycles. The fourth-order valence-electron chi connectivity index (χ4n) is 3.50. The van der Waals surface area contributed by atoms with Crippen LogP contribution in [0.5, 0.6) is 11.5 Å². The molecular formula is C22H30N4O6. The van der Waals surface area contributed by atoms with E-state index in [4.69, 9.17) is 14.2 Å². The predicted octanol–water partition coefficient (Wildman–Crippen LogP) is 0.832. The zero-order valence-corrected chi connectivity index (χ0v) is 18.3. The molecule has 1 atom stereocenters. The van der Waals surface area contributed by atoms with Crippen molar-refractivity contribution in [2.45, 2.75) is 38.7 Å². The normalized spacial score (nSPS) is 18.0. The number of rotatable bonds is 9. The van der Waals surface area contributed by atoms with Gasteiger partial charge in [-0.3, -0.25) is 14.4 Å². The third-order valence-corrected chi connectivity index (χ3v) is 5.18. The maximum absolute atomic E-state index is 12.2. The molecule has 2 N–H and O–H groups in total. The van der Waals surface area contributed by atoms with Gasteiger partial charge in [-0.2, -0.15) is 5.10 Å². The molecular weight excluding hydrogens is 416 g/mol. The van der Waals surface area contributed by atoms with E-state index in [0.29, 0.717) is 36.8 Å². The predicted molar refractivity (Wildman–Crippen MR) is 117 cm³/mol. The molecule has 2 fully saturated rings. The molecule has 0 spiro atoms. The lowest BCUT2D eigenvalue weighted by molar-refractivity contribution is -0.139. The zero-order chi connectivity index (χ0) is 22.8. The first-order valence-electron chi connectivity index (χ1n) is 11.0. The Hall–Kier alpha value is -3.14. The van der Waals surface area contributed by atoms with Crippen molar-refractivity contribution < 1.29 is 28.6 Å². The summed E-state index contributed by atoms with van der Waals surface area (Å²) in [4.78, 5) is 37.7. The lowest BCUT2D eigenvalue weighted by Crippen LogP contribution is -2.41. The number of nitrogens with one attached hydrogen (secondary N) is 2. The minimum Gasteiger partial charge on any atom is -0.490 e. The van der Waals surface area contributed by atoms with Crippen molar-refractivity contribution in [2.24, 2.45) is 5.10 Å². The van der Waals surface area contributed by atoms with Crippen LogP contribution in [-0.2, 0) is 19.1 Å². The number of amides is 3. The molecule has 0 saturated carbocycles. The third-order valence-electron chi connectivity index (χ3n) is 5.18. The van der Waals surface area contributed by atoms with Crippen LogP contribution in [0.3, 0.4) is 0 Å². The molecule has 0 radical (unpaired) electrons. The maximum atomic E-state index is 12.2. The summed E-state index contributed by atoms with van der Waals surface area (Å²) in [5.74, 6) is -0.750. The smallest absolute Gasteiger partial charge is 0.329 e. The van der Waals surface area contributed by atoms with Crippen molar-refractivity contribution in [1.29, 1.82) is 0 Å². The number of likely N-dealkylation sites (tertiary alicyclic amines) is 1. The molecule has 3 rings (SSSR count). The number of carbonyl (C=O) groups is 3. The van der Waals surface area contributed by atoms with Crippen LogP contribution in [0, 0.1) is 0 Å². The zero-order valence-electron chi connectivity index (χ0n) is 18.3. The Morgan fingerprint density at radius 1 is 1.16 bits per heavy atom. The third kappa shape index (κ3) is 6.94. The summed E-state index contributed by atoms with van der Waals surface area (Å²) in [6.07, 6.45) is 5.23. The first kappa shape index (κ1) is 23.5. The quantitative estimate of drug-likeness (QED) is 0.330. The molecule has 1 aromatic rings. The summed E-state index contributed by atoms with van der Waals surface area (Å²) in [7, 11) is 0. The summed E-state index contributed by atoms with van der Waals surface area (Å²) in [5, 5.41) is 6.36. The minimum absolute atomic E-state index is 0.0429. The molecule has 174 valence electrons. The van der Waals surface area contributed by atoms with E-state index in [2.05, 4.69) is 15.8 Å². The first-order valence-corrected chi connectivity index (χ1v) is 11.0. The van der Waals surface area contributed by atoms with Gasteiger partial charge in [0.25, 0.3) is 5.91 Å². The molecule has 10 nitrogen and oxygen atoms in total. The van der Waals surface area contributed by atoms with Gasteiger partial charge in [-0.25, -0.2) is 5.43 Å². The van der Waals surface area contributed by atoms with Gasteiger partial charge in [-0.05, 0) is 56.4 Å². The number of carbonyl (C=O) groups excluding carboxylic acids is 3. The fourth-order valence-corrected chi connectivity index (χ4v) is 3.50. The van der Waals surface area contributed by atoms with Crippen LogP contribution in [-0.4, -0.2) is 74.4 Å². The van der Waals surface area contributed by atoms with Gasteiger partial charge in [0, 0.05) is 26.2 Å². The molecule has 32 heavy (non-hydrogen) atoms. The Kier molecular flexibility index (Phi) is 8.85. The Morgan fingerprint density at radius 2 is 1.97 bits per heavy atom. The lowest BCUT2D eigenvalue weighted by atomic mass is 10.2. The van der Waals surface area contributed by atoms with Crippen molar-refractivity contribution >= 4 is 23.9 Å². The van der Waals surface area contributed by atoms with E-state index in [-0.39, 0.29) is 18.6 Å². The molecule has 0 aromatic heterocycles. The topological polar surface area (TPSA) is 119 Å². The second-order valence-electron chi connectivity index (χ2n) is 7.56. The van der Waals surface area contributed by atoms with Gasteiger partial charge in [0.1, 0.15) is 0 Å². The molecule has 10 heteroatoms. The standard InChI is InChI=1S/C22H30N4O6/c1-2-30-19-12-16(7-8-18(19)32-15-20(27)26-9-3-4-10-26)13-24-25-22(29)21(28)23-14-17-6-5-11-31-17/h7-8,12-13,17H,2-6,9-11,14-15H2,1H3,(H,23,28)(H,25,29)/b24-13-/t17-/m1/s1. The van der Waals surface area contributed by atoms with Gasteiger partial charge in [0.05, 0.1) is 18.9 Å². The van der Waals surface area contributed by atoms with Crippen molar-refractivity contribution in [3.05, 3.63) is 23.8 Å².